The van der Waals surface area contributed by atoms with E-state index in [1.807, 2.05) is 20.2 Å². The highest BCUT2D eigenvalue weighted by Gasteiger charge is 2.28. The first-order chi connectivity index (χ1) is 15.2. The van der Waals surface area contributed by atoms with Gasteiger partial charge in [-0.3, -0.25) is 9.40 Å². The second-order valence-electron chi connectivity index (χ2n) is 8.16. The molecular formula is C22H23FN6O2S. The molecule has 166 valence electrons. The highest BCUT2D eigenvalue weighted by Crippen LogP contribution is 2.41. The van der Waals surface area contributed by atoms with E-state index in [1.165, 1.54) is 23.6 Å². The van der Waals surface area contributed by atoms with Crippen LogP contribution in [-0.2, 0) is 23.5 Å². The summed E-state index contributed by atoms with van der Waals surface area (Å²) in [5.74, 6) is -0.336. The summed E-state index contributed by atoms with van der Waals surface area (Å²) in [5, 5.41) is 6.83. The first-order valence-corrected chi connectivity index (χ1v) is 11.6. The Hall–Kier alpha value is -3.40. The number of halogens is 1. The summed E-state index contributed by atoms with van der Waals surface area (Å²) in [6, 6.07) is 6.54. The van der Waals surface area contributed by atoms with Gasteiger partial charge in [-0.25, -0.2) is 9.37 Å². The van der Waals surface area contributed by atoms with Crippen LogP contribution in [0.2, 0.25) is 0 Å². The summed E-state index contributed by atoms with van der Waals surface area (Å²) in [4.78, 5) is 6.71. The molecule has 8 nitrogen and oxygen atoms in total. The van der Waals surface area contributed by atoms with Crippen LogP contribution in [0.1, 0.15) is 11.3 Å². The molecule has 0 fully saturated rings. The van der Waals surface area contributed by atoms with Gasteiger partial charge in [0.15, 0.2) is 5.03 Å². The molecule has 0 amide bonds. The molecule has 3 aromatic heterocycles. The van der Waals surface area contributed by atoms with Gasteiger partial charge in [0.1, 0.15) is 11.5 Å². The monoisotopic (exact) mass is 454 g/mol. The summed E-state index contributed by atoms with van der Waals surface area (Å²) in [6.45, 7) is 2.64. The number of benzene rings is 1. The maximum atomic E-state index is 15.3. The maximum Gasteiger partial charge on any atom is 0.281 e. The molecule has 1 aliphatic heterocycles. The van der Waals surface area contributed by atoms with Crippen molar-refractivity contribution >= 4 is 32.4 Å². The lowest BCUT2D eigenvalue weighted by Crippen LogP contribution is -2.27. The smallest absolute Gasteiger partial charge is 0.281 e. The molecule has 32 heavy (non-hydrogen) atoms. The second kappa shape index (κ2) is 7.06. The number of H-pyrrole nitrogens is 1. The van der Waals surface area contributed by atoms with Gasteiger partial charge in [0.2, 0.25) is 0 Å². The average molecular weight is 455 g/mol. The minimum Gasteiger partial charge on any atom is -0.374 e. The Morgan fingerprint density at radius 3 is 2.69 bits per heavy atom. The van der Waals surface area contributed by atoms with Crippen LogP contribution in [0.25, 0.3) is 22.2 Å². The third-order valence-corrected chi connectivity index (χ3v) is 7.77. The Kier molecular flexibility index (Phi) is 4.52. The zero-order valence-corrected chi connectivity index (χ0v) is 19.0. The first kappa shape index (κ1) is 20.5. The predicted octanol–water partition coefficient (Wildman–Crippen LogP) is 3.23. The fourth-order valence-corrected chi connectivity index (χ4v) is 5.46. The number of nitrogens with zero attached hydrogens (tertiary/aromatic N) is 5. The topological polar surface area (TPSA) is 87.1 Å². The fourth-order valence-electron chi connectivity index (χ4n) is 4.36. The number of pyridine rings is 1. The van der Waals surface area contributed by atoms with Crippen LogP contribution in [0.15, 0.2) is 41.7 Å². The van der Waals surface area contributed by atoms with Crippen LogP contribution in [0, 0.1) is 12.7 Å². The summed E-state index contributed by atoms with van der Waals surface area (Å²) < 4.78 is 44.7. The standard InChI is InChI=1S/C22H23FN6O2S/c1-13-9-19(29(4)32(30,31)20-5-7-24-26-20)21-16(12-28(3)22(21)25-13)15-11-18-14(10-17(15)23)6-8-27(18)2/h5,7,9-12H,6,8H2,1-4H3,(H,24,26). The van der Waals surface area contributed by atoms with Gasteiger partial charge < -0.3 is 9.47 Å². The fraction of sp³-hybridized carbons (Fsp3) is 0.273. The van der Waals surface area contributed by atoms with Crippen LogP contribution in [-0.4, -0.2) is 48.8 Å². The SMILES string of the molecule is Cc1cc(N(C)S(=O)(=O)c2ccn[nH]2)c2c(-c3cc4c(cc3F)CCN4C)cn(C)c2n1. The van der Waals surface area contributed by atoms with E-state index in [0.29, 0.717) is 33.5 Å². The molecule has 10 heteroatoms. The Morgan fingerprint density at radius 2 is 1.97 bits per heavy atom. The van der Waals surface area contributed by atoms with Crippen molar-refractivity contribution in [3.63, 3.8) is 0 Å². The molecule has 5 rings (SSSR count). The van der Waals surface area contributed by atoms with Crippen molar-refractivity contribution in [2.24, 2.45) is 7.05 Å². The highest BCUT2D eigenvalue weighted by atomic mass is 32.2. The van der Waals surface area contributed by atoms with Gasteiger partial charge in [-0.2, -0.15) is 13.5 Å². The molecule has 0 unspecified atom stereocenters. The zero-order chi connectivity index (χ0) is 22.8. The van der Waals surface area contributed by atoms with Gasteiger partial charge in [-0.05, 0) is 43.2 Å². The molecule has 1 aromatic carbocycles. The van der Waals surface area contributed by atoms with Crippen molar-refractivity contribution in [3.8, 4) is 11.1 Å². The molecule has 0 aliphatic carbocycles. The summed E-state index contributed by atoms with van der Waals surface area (Å²) in [7, 11) is 1.39. The number of aromatic nitrogens is 4. The van der Waals surface area contributed by atoms with Gasteiger partial charge in [0.05, 0.1) is 17.3 Å². The molecule has 0 saturated carbocycles. The number of aryl methyl sites for hydroxylation is 2. The number of fused-ring (bicyclic) bond motifs is 2. The lowest BCUT2D eigenvalue weighted by atomic mass is 10.0. The summed E-state index contributed by atoms with van der Waals surface area (Å²) in [6.07, 6.45) is 3.99. The molecule has 1 N–H and O–H groups in total. The average Bonchev–Trinajstić information content (AvgIpc) is 3.47. The molecule has 1 aliphatic rings. The number of likely N-dealkylation sites (N-methyl/N-ethyl adjacent to an activating group) is 1. The van der Waals surface area contributed by atoms with E-state index in [0.717, 1.165) is 24.2 Å². The van der Waals surface area contributed by atoms with Crippen LogP contribution < -0.4 is 9.21 Å². The van der Waals surface area contributed by atoms with Crippen molar-refractivity contribution in [2.75, 3.05) is 29.8 Å². The van der Waals surface area contributed by atoms with E-state index < -0.39 is 10.0 Å². The quantitative estimate of drug-likeness (QED) is 0.512. The van der Waals surface area contributed by atoms with Crippen LogP contribution in [0.3, 0.4) is 0 Å². The third-order valence-electron chi connectivity index (χ3n) is 6.07. The number of anilines is 2. The molecule has 0 spiro atoms. The van der Waals surface area contributed by atoms with Gasteiger partial charge >= 0.3 is 0 Å². The van der Waals surface area contributed by atoms with Crippen molar-refractivity contribution in [3.05, 3.63) is 53.7 Å². The molecule has 0 atom stereocenters. The summed E-state index contributed by atoms with van der Waals surface area (Å²) >= 11 is 0. The molecule has 0 bridgehead atoms. The number of hydrogen-bond acceptors (Lipinski definition) is 5. The van der Waals surface area contributed by atoms with Crippen molar-refractivity contribution < 1.29 is 12.8 Å². The maximum absolute atomic E-state index is 15.3. The highest BCUT2D eigenvalue weighted by molar-refractivity contribution is 7.92. The minimum absolute atomic E-state index is 0.0227. The van der Waals surface area contributed by atoms with E-state index in [9.17, 15) is 8.42 Å². The normalized spacial score (nSPS) is 13.7. The number of rotatable bonds is 4. The Bertz CT molecular complexity index is 1460. The van der Waals surface area contributed by atoms with Crippen molar-refractivity contribution in [2.45, 2.75) is 18.4 Å². The van der Waals surface area contributed by atoms with Crippen LogP contribution in [0.4, 0.5) is 15.8 Å². The molecule has 0 saturated heterocycles. The number of hydrogen-bond donors (Lipinski definition) is 1. The number of nitrogens with one attached hydrogen (secondary N) is 1. The second-order valence-corrected chi connectivity index (χ2v) is 10.1. The molecule has 0 radical (unpaired) electrons. The minimum atomic E-state index is -3.90. The lowest BCUT2D eigenvalue weighted by molar-refractivity contribution is 0.590. The van der Waals surface area contributed by atoms with Crippen LogP contribution in [0.5, 0.6) is 0 Å². The molecular weight excluding hydrogens is 431 g/mol. The van der Waals surface area contributed by atoms with E-state index in [2.05, 4.69) is 20.1 Å². The largest absolute Gasteiger partial charge is 0.374 e. The zero-order valence-electron chi connectivity index (χ0n) is 18.2. The van der Waals surface area contributed by atoms with Gasteiger partial charge in [-0.15, -0.1) is 0 Å². The third kappa shape index (κ3) is 2.97. The predicted molar refractivity (Wildman–Crippen MR) is 122 cm³/mol. The summed E-state index contributed by atoms with van der Waals surface area (Å²) in [5.41, 5.74) is 4.63. The van der Waals surface area contributed by atoms with Crippen LogP contribution >= 0.6 is 0 Å². The first-order valence-electron chi connectivity index (χ1n) is 10.2. The number of sulfonamides is 1. The van der Waals surface area contributed by atoms with Crippen molar-refractivity contribution in [1.82, 2.24) is 19.7 Å². The van der Waals surface area contributed by atoms with Gasteiger partial charge in [0, 0.05) is 56.4 Å². The Morgan fingerprint density at radius 1 is 1.19 bits per heavy atom. The van der Waals surface area contributed by atoms with Crippen molar-refractivity contribution in [1.29, 1.82) is 0 Å². The molecule has 4 aromatic rings. The van der Waals surface area contributed by atoms with E-state index in [4.69, 9.17) is 0 Å². The van der Waals surface area contributed by atoms with Gasteiger partial charge in [0.25, 0.3) is 10.0 Å². The Labute approximate surface area is 185 Å². The lowest BCUT2D eigenvalue weighted by Gasteiger charge is -2.21. The Balaban J connectivity index is 1.78. The number of aromatic amines is 1. The van der Waals surface area contributed by atoms with E-state index in [1.54, 1.807) is 29.8 Å². The molecule has 4 heterocycles. The van der Waals surface area contributed by atoms with E-state index >= 15 is 4.39 Å². The van der Waals surface area contributed by atoms with E-state index in [-0.39, 0.29) is 10.8 Å². The van der Waals surface area contributed by atoms with Gasteiger partial charge in [-0.1, -0.05) is 0 Å².